The third-order valence-electron chi connectivity index (χ3n) is 4.68. The van der Waals surface area contributed by atoms with Gasteiger partial charge in [-0.25, -0.2) is 0 Å². The first-order valence-electron chi connectivity index (χ1n) is 8.77. The molecule has 134 valence electrons. The summed E-state index contributed by atoms with van der Waals surface area (Å²) in [5, 5.41) is 9.82. The number of piperazine rings is 1. The average Bonchev–Trinajstić information content (AvgIpc) is 2.49. The van der Waals surface area contributed by atoms with Gasteiger partial charge in [-0.3, -0.25) is 9.69 Å². The third kappa shape index (κ3) is 4.48. The number of hydrogen-bond acceptors (Lipinski definition) is 4. The lowest BCUT2D eigenvalue weighted by atomic mass is 10.0. The van der Waals surface area contributed by atoms with Crippen molar-refractivity contribution in [3.05, 3.63) is 29.8 Å². The number of benzene rings is 1. The Hall–Kier alpha value is -1.59. The van der Waals surface area contributed by atoms with Crippen molar-refractivity contribution in [2.24, 2.45) is 5.92 Å². The number of hydrogen-bond donors (Lipinski definition) is 1. The molecule has 2 atom stereocenters. The van der Waals surface area contributed by atoms with Gasteiger partial charge in [0.1, 0.15) is 6.04 Å². The molecule has 1 fully saturated rings. The van der Waals surface area contributed by atoms with E-state index in [-0.39, 0.29) is 6.04 Å². The molecule has 1 aliphatic heterocycles. The van der Waals surface area contributed by atoms with Crippen molar-refractivity contribution in [2.75, 3.05) is 45.2 Å². The highest BCUT2D eigenvalue weighted by Crippen LogP contribution is 2.27. The fourth-order valence-corrected chi connectivity index (χ4v) is 3.54. The minimum atomic E-state index is -0.767. The maximum atomic E-state index is 12.0. The minimum Gasteiger partial charge on any atom is -0.480 e. The molecule has 2 rings (SSSR count). The second-order valence-corrected chi connectivity index (χ2v) is 7.47. The average molecular weight is 333 g/mol. The van der Waals surface area contributed by atoms with Crippen LogP contribution in [0.4, 0.5) is 5.69 Å². The van der Waals surface area contributed by atoms with Gasteiger partial charge in [-0.2, -0.15) is 0 Å². The molecule has 0 radical (unpaired) electrons. The van der Waals surface area contributed by atoms with E-state index in [1.807, 2.05) is 43.3 Å². The second kappa shape index (κ2) is 7.99. The molecule has 0 amide bonds. The summed E-state index contributed by atoms with van der Waals surface area (Å²) in [6, 6.07) is 7.53. The van der Waals surface area contributed by atoms with Crippen molar-refractivity contribution in [3.8, 4) is 0 Å². The zero-order valence-electron chi connectivity index (χ0n) is 15.6. The molecule has 0 spiro atoms. The summed E-state index contributed by atoms with van der Waals surface area (Å²) in [7, 11) is 3.97. The monoisotopic (exact) mass is 333 g/mol. The number of carboxylic acid groups (broad SMARTS) is 1. The number of aliphatic carboxylic acids is 1. The standard InChI is InChI=1S/C19H31N3O2/c1-14(2)12-21-10-11-22(15(3)13-21)18(19(23)24)16-6-8-17(9-7-16)20(4)5/h6-9,14-15,18H,10-13H2,1-5H3,(H,23,24). The Labute approximate surface area is 145 Å². The van der Waals surface area contributed by atoms with Crippen molar-refractivity contribution in [1.29, 1.82) is 0 Å². The summed E-state index contributed by atoms with van der Waals surface area (Å²) in [6.45, 7) is 10.3. The van der Waals surface area contributed by atoms with Crippen LogP contribution in [0.15, 0.2) is 24.3 Å². The number of rotatable bonds is 6. The highest BCUT2D eigenvalue weighted by molar-refractivity contribution is 5.76. The van der Waals surface area contributed by atoms with Crippen LogP contribution >= 0.6 is 0 Å². The maximum absolute atomic E-state index is 12.0. The molecule has 0 saturated carbocycles. The Bertz CT molecular complexity index is 542. The topological polar surface area (TPSA) is 47.0 Å². The predicted octanol–water partition coefficient (Wildman–Crippen LogP) is 2.54. The second-order valence-electron chi connectivity index (χ2n) is 7.47. The van der Waals surface area contributed by atoms with Gasteiger partial charge in [-0.05, 0) is 30.5 Å². The van der Waals surface area contributed by atoms with Gasteiger partial charge in [0, 0.05) is 52.0 Å². The number of anilines is 1. The molecule has 5 heteroatoms. The minimum absolute atomic E-state index is 0.229. The van der Waals surface area contributed by atoms with E-state index in [2.05, 4.69) is 30.6 Å². The summed E-state index contributed by atoms with van der Waals surface area (Å²) < 4.78 is 0. The van der Waals surface area contributed by atoms with Crippen LogP contribution in [0.5, 0.6) is 0 Å². The Morgan fingerprint density at radius 1 is 1.25 bits per heavy atom. The molecule has 5 nitrogen and oxygen atoms in total. The van der Waals surface area contributed by atoms with E-state index in [1.165, 1.54) is 0 Å². The van der Waals surface area contributed by atoms with Crippen LogP contribution in [-0.4, -0.2) is 67.2 Å². The summed E-state index contributed by atoms with van der Waals surface area (Å²) >= 11 is 0. The Morgan fingerprint density at radius 2 is 1.88 bits per heavy atom. The lowest BCUT2D eigenvalue weighted by Crippen LogP contribution is -2.54. The van der Waals surface area contributed by atoms with Gasteiger partial charge in [0.2, 0.25) is 0 Å². The quantitative estimate of drug-likeness (QED) is 0.867. The summed E-state index contributed by atoms with van der Waals surface area (Å²) in [5.74, 6) is -0.130. The zero-order valence-corrected chi connectivity index (χ0v) is 15.6. The lowest BCUT2D eigenvalue weighted by Gasteiger charge is -2.43. The highest BCUT2D eigenvalue weighted by atomic mass is 16.4. The molecule has 0 aliphatic carbocycles. The van der Waals surface area contributed by atoms with Gasteiger partial charge in [0.15, 0.2) is 0 Å². The van der Waals surface area contributed by atoms with E-state index < -0.39 is 12.0 Å². The van der Waals surface area contributed by atoms with Crippen molar-refractivity contribution in [2.45, 2.75) is 32.9 Å². The van der Waals surface area contributed by atoms with Crippen LogP contribution < -0.4 is 4.90 Å². The molecule has 0 aromatic heterocycles. The van der Waals surface area contributed by atoms with Crippen LogP contribution in [-0.2, 0) is 4.79 Å². The first kappa shape index (κ1) is 18.7. The molecule has 1 saturated heterocycles. The Morgan fingerprint density at radius 3 is 2.33 bits per heavy atom. The lowest BCUT2D eigenvalue weighted by molar-refractivity contribution is -0.145. The Kier molecular flexibility index (Phi) is 6.24. The summed E-state index contributed by atoms with van der Waals surface area (Å²) in [6.07, 6.45) is 0. The van der Waals surface area contributed by atoms with Gasteiger partial charge >= 0.3 is 5.97 Å². The van der Waals surface area contributed by atoms with Crippen LogP contribution in [0.25, 0.3) is 0 Å². The fourth-order valence-electron chi connectivity index (χ4n) is 3.54. The molecule has 1 aliphatic rings. The van der Waals surface area contributed by atoms with E-state index in [0.717, 1.165) is 37.4 Å². The fraction of sp³-hybridized carbons (Fsp3) is 0.632. The molecule has 1 aromatic rings. The van der Waals surface area contributed by atoms with Crippen LogP contribution in [0.3, 0.4) is 0 Å². The first-order valence-corrected chi connectivity index (χ1v) is 8.77. The molecular formula is C19H31N3O2. The molecular weight excluding hydrogens is 302 g/mol. The van der Waals surface area contributed by atoms with Crippen molar-refractivity contribution in [1.82, 2.24) is 9.80 Å². The third-order valence-corrected chi connectivity index (χ3v) is 4.68. The highest BCUT2D eigenvalue weighted by Gasteiger charge is 2.34. The smallest absolute Gasteiger partial charge is 0.325 e. The van der Waals surface area contributed by atoms with E-state index in [1.54, 1.807) is 0 Å². The molecule has 1 N–H and O–H groups in total. The summed E-state index contributed by atoms with van der Waals surface area (Å²) in [5.41, 5.74) is 1.94. The Balaban J connectivity index is 2.15. The van der Waals surface area contributed by atoms with Crippen molar-refractivity contribution < 1.29 is 9.90 Å². The normalized spacial score (nSPS) is 21.0. The maximum Gasteiger partial charge on any atom is 0.325 e. The van der Waals surface area contributed by atoms with E-state index in [9.17, 15) is 9.90 Å². The molecule has 24 heavy (non-hydrogen) atoms. The van der Waals surface area contributed by atoms with Crippen LogP contribution in [0.2, 0.25) is 0 Å². The van der Waals surface area contributed by atoms with Crippen LogP contribution in [0, 0.1) is 5.92 Å². The van der Waals surface area contributed by atoms with Gasteiger partial charge in [-0.15, -0.1) is 0 Å². The van der Waals surface area contributed by atoms with Crippen molar-refractivity contribution in [3.63, 3.8) is 0 Å². The molecule has 1 aromatic carbocycles. The van der Waals surface area contributed by atoms with Crippen LogP contribution in [0.1, 0.15) is 32.4 Å². The summed E-state index contributed by atoms with van der Waals surface area (Å²) in [4.78, 5) is 18.6. The zero-order chi connectivity index (χ0) is 17.9. The van der Waals surface area contributed by atoms with Crippen molar-refractivity contribution >= 4 is 11.7 Å². The molecule has 1 heterocycles. The first-order chi connectivity index (χ1) is 11.3. The van der Waals surface area contributed by atoms with E-state index >= 15 is 0 Å². The number of nitrogens with zero attached hydrogens (tertiary/aromatic N) is 3. The van der Waals surface area contributed by atoms with Gasteiger partial charge in [-0.1, -0.05) is 26.0 Å². The van der Waals surface area contributed by atoms with Gasteiger partial charge in [0.05, 0.1) is 0 Å². The largest absolute Gasteiger partial charge is 0.480 e. The predicted molar refractivity (Wildman–Crippen MR) is 98.6 cm³/mol. The molecule has 2 unspecified atom stereocenters. The van der Waals surface area contributed by atoms with E-state index in [0.29, 0.717) is 5.92 Å². The van der Waals surface area contributed by atoms with Gasteiger partial charge < -0.3 is 14.9 Å². The van der Waals surface area contributed by atoms with E-state index in [4.69, 9.17) is 0 Å². The number of carboxylic acids is 1. The molecule has 0 bridgehead atoms. The van der Waals surface area contributed by atoms with Gasteiger partial charge in [0.25, 0.3) is 0 Å². The SMILES string of the molecule is CC(C)CN1CCN(C(C(=O)O)c2ccc(N(C)C)cc2)C(C)C1. The number of carbonyl (C=O) groups is 1.